The van der Waals surface area contributed by atoms with E-state index >= 15 is 0 Å². The molecule has 0 fully saturated rings. The highest BCUT2D eigenvalue weighted by Crippen LogP contribution is 2.33. The Kier molecular flexibility index (Phi) is 3.97. The van der Waals surface area contributed by atoms with Crippen molar-refractivity contribution in [3.05, 3.63) is 65.0 Å². The summed E-state index contributed by atoms with van der Waals surface area (Å²) in [5.41, 5.74) is 2.63. The molecule has 0 N–H and O–H groups in total. The van der Waals surface area contributed by atoms with E-state index in [9.17, 15) is 9.18 Å². The Hall–Kier alpha value is -1.81. The van der Waals surface area contributed by atoms with Crippen LogP contribution in [0.25, 0.3) is 0 Å². The summed E-state index contributed by atoms with van der Waals surface area (Å²) in [5.74, 6) is -0.884. The number of hydrogen-bond acceptors (Lipinski definition) is 3. The minimum absolute atomic E-state index is 0.147. The van der Waals surface area contributed by atoms with Gasteiger partial charge in [-0.1, -0.05) is 24.3 Å². The van der Waals surface area contributed by atoms with Gasteiger partial charge in [0, 0.05) is 4.90 Å². The van der Waals surface area contributed by atoms with Crippen LogP contribution in [0.3, 0.4) is 0 Å². The van der Waals surface area contributed by atoms with Crippen molar-refractivity contribution >= 4 is 18.6 Å². The molecule has 1 aliphatic rings. The highest BCUT2D eigenvalue weighted by Gasteiger charge is 2.24. The van der Waals surface area contributed by atoms with Gasteiger partial charge in [-0.3, -0.25) is 0 Å². The van der Waals surface area contributed by atoms with Gasteiger partial charge in [0.1, 0.15) is 11.9 Å². The molecule has 0 radical (unpaired) electrons. The van der Waals surface area contributed by atoms with Gasteiger partial charge in [-0.2, -0.15) is 0 Å². The fraction of sp³-hybridized carbons (Fsp3) is 0.235. The van der Waals surface area contributed by atoms with Gasteiger partial charge >= 0.3 is 5.97 Å². The Morgan fingerprint density at radius 3 is 2.86 bits per heavy atom. The molecule has 21 heavy (non-hydrogen) atoms. The van der Waals surface area contributed by atoms with E-state index in [1.54, 1.807) is 0 Å². The molecule has 0 bridgehead atoms. The van der Waals surface area contributed by atoms with Crippen molar-refractivity contribution in [1.82, 2.24) is 0 Å². The number of esters is 1. The van der Waals surface area contributed by atoms with Crippen molar-refractivity contribution in [2.75, 3.05) is 0 Å². The maximum Gasteiger partial charge on any atom is 0.338 e. The fourth-order valence-corrected chi connectivity index (χ4v) is 2.88. The first-order valence-electron chi connectivity index (χ1n) is 6.92. The van der Waals surface area contributed by atoms with Gasteiger partial charge in [0.05, 0.1) is 5.56 Å². The topological polar surface area (TPSA) is 26.3 Å². The van der Waals surface area contributed by atoms with Crippen molar-refractivity contribution in [2.24, 2.45) is 0 Å². The molecule has 1 aliphatic carbocycles. The second-order valence-electron chi connectivity index (χ2n) is 5.15. The number of aryl methyl sites for hydroxylation is 1. The third-order valence-corrected chi connectivity index (χ3v) is 4.09. The van der Waals surface area contributed by atoms with E-state index in [2.05, 4.69) is 18.7 Å². The van der Waals surface area contributed by atoms with Crippen molar-refractivity contribution in [2.45, 2.75) is 30.3 Å². The maximum atomic E-state index is 13.2. The first kappa shape index (κ1) is 14.1. The molecule has 108 valence electrons. The van der Waals surface area contributed by atoms with E-state index in [1.165, 1.54) is 23.8 Å². The van der Waals surface area contributed by atoms with Crippen LogP contribution in [0.5, 0.6) is 0 Å². The third kappa shape index (κ3) is 2.95. The molecule has 0 aromatic heterocycles. The molecule has 0 aliphatic heterocycles. The zero-order valence-corrected chi connectivity index (χ0v) is 12.3. The molecule has 0 saturated carbocycles. The minimum Gasteiger partial charge on any atom is -0.454 e. The molecule has 0 saturated heterocycles. The smallest absolute Gasteiger partial charge is 0.338 e. The van der Waals surface area contributed by atoms with Crippen molar-refractivity contribution in [1.29, 1.82) is 0 Å². The number of carbonyl (C=O) groups is 1. The lowest BCUT2D eigenvalue weighted by molar-refractivity contribution is 0.0256. The lowest BCUT2D eigenvalue weighted by Crippen LogP contribution is -2.17. The van der Waals surface area contributed by atoms with E-state index in [0.717, 1.165) is 24.8 Å². The SMILES string of the molecule is O=C(OC1CCCc2ccccc21)c1ccc(F)c(S)c1. The number of benzene rings is 2. The van der Waals surface area contributed by atoms with E-state index in [1.807, 2.05) is 18.2 Å². The van der Waals surface area contributed by atoms with Crippen LogP contribution in [0.2, 0.25) is 0 Å². The van der Waals surface area contributed by atoms with E-state index in [-0.39, 0.29) is 11.0 Å². The Balaban J connectivity index is 1.81. The molecule has 1 unspecified atom stereocenters. The zero-order valence-electron chi connectivity index (χ0n) is 11.4. The molecule has 0 amide bonds. The number of fused-ring (bicyclic) bond motifs is 1. The number of carbonyl (C=O) groups excluding carboxylic acids is 1. The second kappa shape index (κ2) is 5.90. The lowest BCUT2D eigenvalue weighted by Gasteiger charge is -2.25. The monoisotopic (exact) mass is 302 g/mol. The Bertz CT molecular complexity index is 684. The second-order valence-corrected chi connectivity index (χ2v) is 5.63. The van der Waals surface area contributed by atoms with Crippen molar-refractivity contribution in [3.63, 3.8) is 0 Å². The van der Waals surface area contributed by atoms with Crippen molar-refractivity contribution < 1.29 is 13.9 Å². The van der Waals surface area contributed by atoms with Gasteiger partial charge in [-0.05, 0) is 48.6 Å². The van der Waals surface area contributed by atoms with Gasteiger partial charge in [0.15, 0.2) is 0 Å². The summed E-state index contributed by atoms with van der Waals surface area (Å²) >= 11 is 3.99. The molecular formula is C17H15FO2S. The molecule has 2 aromatic rings. The number of halogens is 1. The predicted molar refractivity (Wildman–Crippen MR) is 81.2 cm³/mol. The summed E-state index contributed by atoms with van der Waals surface area (Å²) in [5, 5.41) is 0. The van der Waals surface area contributed by atoms with E-state index in [4.69, 9.17) is 4.74 Å². The molecular weight excluding hydrogens is 287 g/mol. The van der Waals surface area contributed by atoms with Gasteiger partial charge in [0.25, 0.3) is 0 Å². The minimum atomic E-state index is -0.446. The summed E-state index contributed by atoms with van der Waals surface area (Å²) < 4.78 is 18.8. The number of rotatable bonds is 2. The van der Waals surface area contributed by atoms with E-state index in [0.29, 0.717) is 5.56 Å². The first-order valence-corrected chi connectivity index (χ1v) is 7.37. The van der Waals surface area contributed by atoms with Gasteiger partial charge in [-0.15, -0.1) is 12.6 Å². The summed E-state index contributed by atoms with van der Waals surface area (Å²) in [6.07, 6.45) is 2.60. The Labute approximate surface area is 128 Å². The molecule has 0 spiro atoms. The van der Waals surface area contributed by atoms with Crippen LogP contribution in [-0.2, 0) is 11.2 Å². The van der Waals surface area contributed by atoms with E-state index < -0.39 is 11.8 Å². The number of hydrogen-bond donors (Lipinski definition) is 1. The molecule has 0 heterocycles. The summed E-state index contributed by atoms with van der Waals surface area (Å²) in [4.78, 5) is 12.4. The average molecular weight is 302 g/mol. The average Bonchev–Trinajstić information content (AvgIpc) is 2.50. The highest BCUT2D eigenvalue weighted by atomic mass is 32.1. The summed E-state index contributed by atoms with van der Waals surface area (Å²) in [6.45, 7) is 0. The standard InChI is InChI=1S/C17H15FO2S/c18-14-9-8-12(10-16(14)21)17(19)20-15-7-3-5-11-4-1-2-6-13(11)15/h1-2,4,6,8-10,15,21H,3,5,7H2. The molecule has 2 nitrogen and oxygen atoms in total. The van der Waals surface area contributed by atoms with Crippen LogP contribution < -0.4 is 0 Å². The largest absolute Gasteiger partial charge is 0.454 e. The third-order valence-electron chi connectivity index (χ3n) is 3.75. The van der Waals surface area contributed by atoms with Crippen LogP contribution in [0.15, 0.2) is 47.4 Å². The maximum absolute atomic E-state index is 13.2. The Morgan fingerprint density at radius 2 is 2.05 bits per heavy atom. The zero-order chi connectivity index (χ0) is 14.8. The van der Waals surface area contributed by atoms with Crippen LogP contribution in [0.4, 0.5) is 4.39 Å². The predicted octanol–water partition coefficient (Wildman–Crippen LogP) is 4.35. The quantitative estimate of drug-likeness (QED) is 0.659. The summed E-state index contributed by atoms with van der Waals surface area (Å²) in [6, 6.07) is 12.1. The fourth-order valence-electron chi connectivity index (χ4n) is 2.67. The van der Waals surface area contributed by atoms with Crippen LogP contribution >= 0.6 is 12.6 Å². The molecule has 3 rings (SSSR count). The molecule has 2 aromatic carbocycles. The van der Waals surface area contributed by atoms with Crippen LogP contribution in [0, 0.1) is 5.82 Å². The van der Waals surface area contributed by atoms with Crippen LogP contribution in [-0.4, -0.2) is 5.97 Å². The molecule has 4 heteroatoms. The normalized spacial score (nSPS) is 17.1. The van der Waals surface area contributed by atoms with Crippen molar-refractivity contribution in [3.8, 4) is 0 Å². The molecule has 1 atom stereocenters. The highest BCUT2D eigenvalue weighted by molar-refractivity contribution is 7.80. The first-order chi connectivity index (χ1) is 10.1. The lowest BCUT2D eigenvalue weighted by atomic mass is 9.89. The van der Waals surface area contributed by atoms with Gasteiger partial charge < -0.3 is 4.74 Å². The van der Waals surface area contributed by atoms with Gasteiger partial charge in [0.2, 0.25) is 0 Å². The number of ether oxygens (including phenoxy) is 1. The Morgan fingerprint density at radius 1 is 1.24 bits per heavy atom. The van der Waals surface area contributed by atoms with Crippen LogP contribution in [0.1, 0.15) is 40.4 Å². The van der Waals surface area contributed by atoms with Gasteiger partial charge in [-0.25, -0.2) is 9.18 Å². The summed E-state index contributed by atoms with van der Waals surface area (Å²) in [7, 11) is 0. The number of thiol groups is 1.